The monoisotopic (exact) mass is 239 g/mol. The largest absolute Gasteiger partial charge is 0.391 e. The van der Waals surface area contributed by atoms with Gasteiger partial charge in [-0.3, -0.25) is 9.69 Å². The average Bonchev–Trinajstić information content (AvgIpc) is 2.59. The maximum atomic E-state index is 11.9. The van der Waals surface area contributed by atoms with Crippen molar-refractivity contribution < 1.29 is 9.90 Å². The summed E-state index contributed by atoms with van der Waals surface area (Å²) in [6.45, 7) is 6.29. The standard InChI is InChI=1S/C12H21N3O2/c1-13-6-12(7-13)8-14(9-12)5-11(17)15-3-2-10(16)4-15/h10,16H,2-9H2,1H3. The normalized spacial score (nSPS) is 32.6. The van der Waals surface area contributed by atoms with E-state index >= 15 is 0 Å². The van der Waals surface area contributed by atoms with Crippen LogP contribution in [0.2, 0.25) is 0 Å². The average molecular weight is 239 g/mol. The van der Waals surface area contributed by atoms with Gasteiger partial charge in [-0.15, -0.1) is 0 Å². The molecule has 0 aromatic carbocycles. The van der Waals surface area contributed by atoms with Gasteiger partial charge in [0.2, 0.25) is 5.91 Å². The second kappa shape index (κ2) is 3.93. The van der Waals surface area contributed by atoms with Gasteiger partial charge in [0.15, 0.2) is 0 Å². The number of aliphatic hydroxyl groups excluding tert-OH is 1. The summed E-state index contributed by atoms with van der Waals surface area (Å²) in [4.78, 5) is 18.3. The molecule has 3 aliphatic heterocycles. The first-order valence-electron chi connectivity index (χ1n) is 6.43. The van der Waals surface area contributed by atoms with Crippen molar-refractivity contribution in [1.82, 2.24) is 14.7 Å². The zero-order valence-corrected chi connectivity index (χ0v) is 10.4. The Morgan fingerprint density at radius 3 is 2.59 bits per heavy atom. The Bertz CT molecular complexity index is 320. The third kappa shape index (κ3) is 2.07. The van der Waals surface area contributed by atoms with Gasteiger partial charge < -0.3 is 14.9 Å². The predicted octanol–water partition coefficient (Wildman–Crippen LogP) is -1.17. The Hall–Kier alpha value is -0.650. The third-order valence-electron chi connectivity index (χ3n) is 4.20. The van der Waals surface area contributed by atoms with E-state index in [0.29, 0.717) is 18.5 Å². The molecule has 3 rings (SSSR count). The SMILES string of the molecule is CN1CC2(C1)CN(CC(=O)N1CCC(O)C1)C2. The van der Waals surface area contributed by atoms with Crippen LogP contribution >= 0.6 is 0 Å². The summed E-state index contributed by atoms with van der Waals surface area (Å²) in [5.41, 5.74) is 0.500. The number of hydrogen-bond donors (Lipinski definition) is 1. The van der Waals surface area contributed by atoms with Gasteiger partial charge in [-0.1, -0.05) is 0 Å². The van der Waals surface area contributed by atoms with Crippen LogP contribution in [0, 0.1) is 5.41 Å². The molecule has 1 N–H and O–H groups in total. The van der Waals surface area contributed by atoms with Crippen LogP contribution in [0.15, 0.2) is 0 Å². The number of likely N-dealkylation sites (tertiary alicyclic amines) is 3. The van der Waals surface area contributed by atoms with Crippen molar-refractivity contribution in [3.8, 4) is 0 Å². The van der Waals surface area contributed by atoms with Gasteiger partial charge in [-0.2, -0.15) is 0 Å². The minimum Gasteiger partial charge on any atom is -0.391 e. The first kappa shape index (κ1) is 11.4. The van der Waals surface area contributed by atoms with Gasteiger partial charge in [0.1, 0.15) is 0 Å². The molecule has 3 fully saturated rings. The Morgan fingerprint density at radius 1 is 1.35 bits per heavy atom. The summed E-state index contributed by atoms with van der Waals surface area (Å²) in [5, 5.41) is 9.40. The van der Waals surface area contributed by atoms with Crippen LogP contribution in [-0.4, -0.2) is 84.7 Å². The first-order chi connectivity index (χ1) is 8.06. The molecule has 1 amide bonds. The second-order valence-corrected chi connectivity index (χ2v) is 6.10. The van der Waals surface area contributed by atoms with Crippen LogP contribution in [0.4, 0.5) is 0 Å². The molecular weight excluding hydrogens is 218 g/mol. The fraction of sp³-hybridized carbons (Fsp3) is 0.917. The van der Waals surface area contributed by atoms with Crippen molar-refractivity contribution in [3.05, 3.63) is 0 Å². The van der Waals surface area contributed by atoms with E-state index in [1.807, 2.05) is 0 Å². The Morgan fingerprint density at radius 2 is 2.06 bits per heavy atom. The highest BCUT2D eigenvalue weighted by atomic mass is 16.3. The topological polar surface area (TPSA) is 47.0 Å². The molecule has 0 aromatic heterocycles. The predicted molar refractivity (Wildman–Crippen MR) is 63.6 cm³/mol. The Labute approximate surface area is 102 Å². The van der Waals surface area contributed by atoms with Crippen LogP contribution in [0.3, 0.4) is 0 Å². The van der Waals surface area contributed by atoms with Gasteiger partial charge in [0.25, 0.3) is 0 Å². The van der Waals surface area contributed by atoms with Crippen molar-refractivity contribution >= 4 is 5.91 Å². The number of amides is 1. The molecule has 3 aliphatic rings. The highest BCUT2D eigenvalue weighted by molar-refractivity contribution is 5.78. The van der Waals surface area contributed by atoms with E-state index in [1.54, 1.807) is 4.90 Å². The minimum absolute atomic E-state index is 0.184. The molecule has 0 aromatic rings. The number of β-amino-alcohol motifs (C(OH)–C–C–N with tert-alkyl or cyclic N) is 1. The number of rotatable bonds is 2. The van der Waals surface area contributed by atoms with Gasteiger partial charge >= 0.3 is 0 Å². The maximum absolute atomic E-state index is 11.9. The molecule has 3 saturated heterocycles. The number of carbonyl (C=O) groups excluding carboxylic acids is 1. The number of aliphatic hydroxyl groups is 1. The minimum atomic E-state index is -0.304. The highest BCUT2D eigenvalue weighted by Gasteiger charge is 2.50. The van der Waals surface area contributed by atoms with E-state index in [0.717, 1.165) is 26.1 Å². The van der Waals surface area contributed by atoms with Crippen molar-refractivity contribution in [2.75, 3.05) is 52.9 Å². The van der Waals surface area contributed by atoms with E-state index in [9.17, 15) is 9.90 Å². The summed E-state index contributed by atoms with van der Waals surface area (Å²) < 4.78 is 0. The van der Waals surface area contributed by atoms with E-state index in [-0.39, 0.29) is 12.0 Å². The lowest BCUT2D eigenvalue weighted by atomic mass is 9.73. The summed E-state index contributed by atoms with van der Waals surface area (Å²) in [6, 6.07) is 0. The van der Waals surface area contributed by atoms with Crippen LogP contribution in [0.25, 0.3) is 0 Å². The molecule has 0 radical (unpaired) electrons. The lowest BCUT2D eigenvalue weighted by molar-refractivity contribution is -0.142. The molecule has 1 atom stereocenters. The molecule has 5 nitrogen and oxygen atoms in total. The maximum Gasteiger partial charge on any atom is 0.236 e. The fourth-order valence-corrected chi connectivity index (χ4v) is 3.57. The third-order valence-corrected chi connectivity index (χ3v) is 4.20. The van der Waals surface area contributed by atoms with Gasteiger partial charge in [-0.25, -0.2) is 0 Å². The molecule has 0 saturated carbocycles. The molecule has 1 unspecified atom stereocenters. The number of carbonyl (C=O) groups is 1. The zero-order valence-electron chi connectivity index (χ0n) is 10.4. The Kier molecular flexibility index (Phi) is 2.65. The van der Waals surface area contributed by atoms with Crippen LogP contribution in [0.5, 0.6) is 0 Å². The lowest BCUT2D eigenvalue weighted by Gasteiger charge is -2.59. The van der Waals surface area contributed by atoms with E-state index in [2.05, 4.69) is 16.8 Å². The number of nitrogens with zero attached hydrogens (tertiary/aromatic N) is 3. The van der Waals surface area contributed by atoms with Gasteiger partial charge in [0, 0.05) is 44.7 Å². The number of hydrogen-bond acceptors (Lipinski definition) is 4. The van der Waals surface area contributed by atoms with Crippen LogP contribution in [-0.2, 0) is 4.79 Å². The molecule has 0 bridgehead atoms. The van der Waals surface area contributed by atoms with Crippen molar-refractivity contribution in [3.63, 3.8) is 0 Å². The molecule has 3 heterocycles. The molecule has 17 heavy (non-hydrogen) atoms. The van der Waals surface area contributed by atoms with Crippen molar-refractivity contribution in [2.24, 2.45) is 5.41 Å². The zero-order chi connectivity index (χ0) is 12.0. The first-order valence-corrected chi connectivity index (χ1v) is 6.43. The smallest absolute Gasteiger partial charge is 0.236 e. The molecule has 1 spiro atoms. The van der Waals surface area contributed by atoms with E-state index < -0.39 is 0 Å². The van der Waals surface area contributed by atoms with Crippen LogP contribution < -0.4 is 0 Å². The molecule has 0 aliphatic carbocycles. The van der Waals surface area contributed by atoms with Crippen molar-refractivity contribution in [2.45, 2.75) is 12.5 Å². The Balaban J connectivity index is 1.42. The molecule has 5 heteroatoms. The van der Waals surface area contributed by atoms with Crippen LogP contribution in [0.1, 0.15) is 6.42 Å². The molecular formula is C12H21N3O2. The highest BCUT2D eigenvalue weighted by Crippen LogP contribution is 2.38. The summed E-state index contributed by atoms with van der Waals surface area (Å²) in [6.07, 6.45) is 0.433. The quantitative estimate of drug-likeness (QED) is 0.659. The van der Waals surface area contributed by atoms with Gasteiger partial charge in [-0.05, 0) is 13.5 Å². The van der Waals surface area contributed by atoms with E-state index in [4.69, 9.17) is 0 Å². The van der Waals surface area contributed by atoms with Gasteiger partial charge in [0.05, 0.1) is 12.6 Å². The summed E-state index contributed by atoms with van der Waals surface area (Å²) in [5.74, 6) is 0.184. The molecule has 96 valence electrons. The summed E-state index contributed by atoms with van der Waals surface area (Å²) in [7, 11) is 2.14. The second-order valence-electron chi connectivity index (χ2n) is 6.10. The van der Waals surface area contributed by atoms with E-state index in [1.165, 1.54) is 13.1 Å². The fourth-order valence-electron chi connectivity index (χ4n) is 3.57. The van der Waals surface area contributed by atoms with Crippen molar-refractivity contribution in [1.29, 1.82) is 0 Å². The lowest BCUT2D eigenvalue weighted by Crippen LogP contribution is -2.71. The summed E-state index contributed by atoms with van der Waals surface area (Å²) >= 11 is 0.